The van der Waals surface area contributed by atoms with Crippen LogP contribution < -0.4 is 10.2 Å². The first-order chi connectivity index (χ1) is 11.0. The summed E-state index contributed by atoms with van der Waals surface area (Å²) in [4.78, 5) is 22.2. The molecule has 0 fully saturated rings. The molecule has 0 bridgehead atoms. The molecule has 0 saturated carbocycles. The Morgan fingerprint density at radius 1 is 1.26 bits per heavy atom. The van der Waals surface area contributed by atoms with E-state index in [2.05, 4.69) is 15.3 Å². The number of hydrogen-bond donors (Lipinski definition) is 1. The summed E-state index contributed by atoms with van der Waals surface area (Å²) in [6.45, 7) is 5.57. The summed E-state index contributed by atoms with van der Waals surface area (Å²) in [5, 5.41) is 3.28. The van der Waals surface area contributed by atoms with E-state index in [4.69, 9.17) is 0 Å². The third kappa shape index (κ3) is 2.76. The molecule has 0 aliphatic carbocycles. The fourth-order valence-corrected chi connectivity index (χ4v) is 3.19. The molecule has 1 aromatic heterocycles. The SMILES string of the molecule is CC(=O)N1c2ccc(F)cc2[C@H](Nc2ncccn2)[C@@H](C)[C@@H]1C. The minimum absolute atomic E-state index is 0.0216. The second kappa shape index (κ2) is 5.95. The molecule has 5 nitrogen and oxygen atoms in total. The van der Waals surface area contributed by atoms with Crippen molar-refractivity contribution in [1.82, 2.24) is 9.97 Å². The van der Waals surface area contributed by atoms with Gasteiger partial charge in [0.1, 0.15) is 5.82 Å². The van der Waals surface area contributed by atoms with Crippen molar-refractivity contribution in [3.8, 4) is 0 Å². The summed E-state index contributed by atoms with van der Waals surface area (Å²) in [5.74, 6) is 0.182. The fourth-order valence-electron chi connectivity index (χ4n) is 3.19. The Kier molecular flexibility index (Phi) is 3.98. The van der Waals surface area contributed by atoms with E-state index in [1.165, 1.54) is 19.1 Å². The Labute approximate surface area is 134 Å². The highest BCUT2D eigenvalue weighted by atomic mass is 19.1. The average molecular weight is 314 g/mol. The first kappa shape index (κ1) is 15.4. The van der Waals surface area contributed by atoms with E-state index < -0.39 is 0 Å². The number of carbonyl (C=O) groups is 1. The molecule has 3 rings (SSSR count). The molecule has 2 heterocycles. The van der Waals surface area contributed by atoms with Crippen molar-refractivity contribution >= 4 is 17.5 Å². The molecule has 2 aromatic rings. The zero-order chi connectivity index (χ0) is 16.6. The average Bonchev–Trinajstić information content (AvgIpc) is 2.53. The number of carbonyl (C=O) groups excluding carboxylic acids is 1. The normalized spacial score (nSPS) is 23.3. The van der Waals surface area contributed by atoms with E-state index in [0.29, 0.717) is 5.95 Å². The summed E-state index contributed by atoms with van der Waals surface area (Å²) >= 11 is 0. The Morgan fingerprint density at radius 2 is 1.96 bits per heavy atom. The molecule has 120 valence electrons. The highest BCUT2D eigenvalue weighted by Crippen LogP contribution is 2.42. The highest BCUT2D eigenvalue weighted by molar-refractivity contribution is 5.93. The lowest BCUT2D eigenvalue weighted by molar-refractivity contribution is -0.117. The predicted molar refractivity (Wildman–Crippen MR) is 86.6 cm³/mol. The number of fused-ring (bicyclic) bond motifs is 1. The van der Waals surface area contributed by atoms with Crippen molar-refractivity contribution in [2.75, 3.05) is 10.2 Å². The molecule has 6 heteroatoms. The number of aromatic nitrogens is 2. The number of amides is 1. The summed E-state index contributed by atoms with van der Waals surface area (Å²) < 4.78 is 13.8. The molecule has 0 unspecified atom stereocenters. The number of rotatable bonds is 2. The second-order valence-electron chi connectivity index (χ2n) is 5.89. The monoisotopic (exact) mass is 314 g/mol. The van der Waals surface area contributed by atoms with Crippen LogP contribution in [-0.4, -0.2) is 21.9 Å². The lowest BCUT2D eigenvalue weighted by atomic mass is 9.83. The predicted octanol–water partition coefficient (Wildman–Crippen LogP) is 3.16. The molecule has 1 amide bonds. The lowest BCUT2D eigenvalue weighted by Gasteiger charge is -2.43. The third-order valence-corrected chi connectivity index (χ3v) is 4.47. The molecule has 1 aliphatic rings. The van der Waals surface area contributed by atoms with E-state index in [1.807, 2.05) is 13.8 Å². The van der Waals surface area contributed by atoms with E-state index >= 15 is 0 Å². The van der Waals surface area contributed by atoms with Gasteiger partial charge in [0, 0.05) is 42.5 Å². The van der Waals surface area contributed by atoms with Gasteiger partial charge in [-0.25, -0.2) is 14.4 Å². The number of anilines is 2. The van der Waals surface area contributed by atoms with Crippen LogP contribution in [0.15, 0.2) is 36.7 Å². The van der Waals surface area contributed by atoms with Crippen LogP contribution in [0, 0.1) is 11.7 Å². The number of benzene rings is 1. The quantitative estimate of drug-likeness (QED) is 0.925. The summed E-state index contributed by atoms with van der Waals surface area (Å²) in [6.07, 6.45) is 3.31. The van der Waals surface area contributed by atoms with Crippen molar-refractivity contribution in [3.05, 3.63) is 48.0 Å². The van der Waals surface area contributed by atoms with Crippen molar-refractivity contribution in [1.29, 1.82) is 0 Å². The molecule has 1 aromatic carbocycles. The summed E-state index contributed by atoms with van der Waals surface area (Å²) in [7, 11) is 0. The standard InChI is InChI=1S/C17H19FN4O/c1-10-11(2)22(12(3)23)15-6-5-13(18)9-14(15)16(10)21-17-19-7-4-8-20-17/h4-11,16H,1-3H3,(H,19,20,21)/t10-,11-,16+/m0/s1. The minimum Gasteiger partial charge on any atom is -0.347 e. The van der Waals surface area contributed by atoms with Crippen LogP contribution in [0.1, 0.15) is 32.4 Å². The maximum atomic E-state index is 13.8. The molecule has 23 heavy (non-hydrogen) atoms. The van der Waals surface area contributed by atoms with Crippen LogP contribution >= 0.6 is 0 Å². The molecule has 0 radical (unpaired) electrons. The van der Waals surface area contributed by atoms with Gasteiger partial charge in [-0.15, -0.1) is 0 Å². The van der Waals surface area contributed by atoms with Crippen molar-refractivity contribution < 1.29 is 9.18 Å². The van der Waals surface area contributed by atoms with Gasteiger partial charge in [0.15, 0.2) is 0 Å². The Hall–Kier alpha value is -2.50. The van der Waals surface area contributed by atoms with E-state index in [0.717, 1.165) is 11.3 Å². The first-order valence-electron chi connectivity index (χ1n) is 7.62. The molecule has 1 aliphatic heterocycles. The molecule has 0 saturated heterocycles. The fraction of sp³-hybridized carbons (Fsp3) is 0.353. The number of nitrogens with one attached hydrogen (secondary N) is 1. The third-order valence-electron chi connectivity index (χ3n) is 4.47. The largest absolute Gasteiger partial charge is 0.347 e. The van der Waals surface area contributed by atoms with E-state index in [1.54, 1.807) is 29.4 Å². The van der Waals surface area contributed by atoms with Gasteiger partial charge >= 0.3 is 0 Å². The van der Waals surface area contributed by atoms with Crippen molar-refractivity contribution in [3.63, 3.8) is 0 Å². The van der Waals surface area contributed by atoms with Gasteiger partial charge < -0.3 is 10.2 Å². The van der Waals surface area contributed by atoms with E-state index in [-0.39, 0.29) is 29.7 Å². The Morgan fingerprint density at radius 3 is 2.61 bits per heavy atom. The van der Waals surface area contributed by atoms with Crippen LogP contribution in [0.25, 0.3) is 0 Å². The maximum Gasteiger partial charge on any atom is 0.224 e. The Balaban J connectivity index is 2.07. The topological polar surface area (TPSA) is 58.1 Å². The summed E-state index contributed by atoms with van der Waals surface area (Å²) in [5.41, 5.74) is 1.48. The van der Waals surface area contributed by atoms with Crippen molar-refractivity contribution in [2.24, 2.45) is 5.92 Å². The zero-order valence-corrected chi connectivity index (χ0v) is 13.3. The van der Waals surface area contributed by atoms with E-state index in [9.17, 15) is 9.18 Å². The molecule has 0 spiro atoms. The highest BCUT2D eigenvalue weighted by Gasteiger charge is 2.38. The number of hydrogen-bond acceptors (Lipinski definition) is 4. The molecular weight excluding hydrogens is 295 g/mol. The van der Waals surface area contributed by atoms with Crippen LogP contribution in [0.4, 0.5) is 16.0 Å². The van der Waals surface area contributed by atoms with Crippen molar-refractivity contribution in [2.45, 2.75) is 32.9 Å². The second-order valence-corrected chi connectivity index (χ2v) is 5.89. The van der Waals surface area contributed by atoms with Gasteiger partial charge in [-0.05, 0) is 31.2 Å². The van der Waals surface area contributed by atoms with Gasteiger partial charge in [-0.1, -0.05) is 6.92 Å². The van der Waals surface area contributed by atoms with Gasteiger partial charge in [-0.3, -0.25) is 4.79 Å². The van der Waals surface area contributed by atoms with Gasteiger partial charge in [0.2, 0.25) is 11.9 Å². The van der Waals surface area contributed by atoms with Gasteiger partial charge in [0.05, 0.1) is 6.04 Å². The Bertz CT molecular complexity index is 722. The zero-order valence-electron chi connectivity index (χ0n) is 13.3. The molecule has 3 atom stereocenters. The number of halogens is 1. The molecular formula is C17H19FN4O. The maximum absolute atomic E-state index is 13.8. The first-order valence-corrected chi connectivity index (χ1v) is 7.62. The molecule has 1 N–H and O–H groups in total. The van der Waals surface area contributed by atoms with Crippen LogP contribution in [0.5, 0.6) is 0 Å². The van der Waals surface area contributed by atoms with Crippen LogP contribution in [-0.2, 0) is 4.79 Å². The van der Waals surface area contributed by atoms with Crippen LogP contribution in [0.2, 0.25) is 0 Å². The van der Waals surface area contributed by atoms with Gasteiger partial charge in [0.25, 0.3) is 0 Å². The lowest BCUT2D eigenvalue weighted by Crippen LogP contribution is -2.48. The van der Waals surface area contributed by atoms with Gasteiger partial charge in [-0.2, -0.15) is 0 Å². The summed E-state index contributed by atoms with van der Waals surface area (Å²) in [6, 6.07) is 6.07. The smallest absolute Gasteiger partial charge is 0.224 e. The van der Waals surface area contributed by atoms with Crippen LogP contribution in [0.3, 0.4) is 0 Å². The minimum atomic E-state index is -0.324. The number of nitrogens with zero attached hydrogens (tertiary/aromatic N) is 3.